The van der Waals surface area contributed by atoms with Gasteiger partial charge in [0.2, 0.25) is 0 Å². The number of hydrogen-bond acceptors (Lipinski definition) is 3. The van der Waals surface area contributed by atoms with Gasteiger partial charge in [-0.25, -0.2) is 4.39 Å². The summed E-state index contributed by atoms with van der Waals surface area (Å²) in [5, 5.41) is 3.01. The number of carbonyl (C=O) groups excluding carboxylic acids is 1. The molecule has 0 aromatic heterocycles. The maximum atomic E-state index is 13.5. The number of ether oxygens (including phenoxy) is 1. The van der Waals surface area contributed by atoms with Gasteiger partial charge in [-0.15, -0.1) is 0 Å². The van der Waals surface area contributed by atoms with Gasteiger partial charge in [-0.3, -0.25) is 9.69 Å². The minimum absolute atomic E-state index is 0.105. The van der Waals surface area contributed by atoms with E-state index in [-0.39, 0.29) is 24.3 Å². The summed E-state index contributed by atoms with van der Waals surface area (Å²) in [4.78, 5) is 14.5. The van der Waals surface area contributed by atoms with Crippen LogP contribution in [-0.2, 0) is 11.3 Å². The van der Waals surface area contributed by atoms with E-state index in [2.05, 4.69) is 41.4 Å². The van der Waals surface area contributed by atoms with E-state index in [0.717, 1.165) is 25.9 Å². The number of carbonyl (C=O) groups is 1. The Morgan fingerprint density at radius 3 is 2.65 bits per heavy atom. The summed E-state index contributed by atoms with van der Waals surface area (Å²) < 4.78 is 18.8. The molecule has 5 heteroatoms. The lowest BCUT2D eigenvalue weighted by atomic mass is 9.97. The number of amides is 1. The van der Waals surface area contributed by atoms with Crippen molar-refractivity contribution in [2.24, 2.45) is 0 Å². The normalized spacial score (nSPS) is 20.5. The summed E-state index contributed by atoms with van der Waals surface area (Å²) >= 11 is 0. The van der Waals surface area contributed by atoms with Gasteiger partial charge in [0.05, 0.1) is 0 Å². The molecule has 1 amide bonds. The van der Waals surface area contributed by atoms with E-state index in [4.69, 9.17) is 4.74 Å². The fourth-order valence-corrected chi connectivity index (χ4v) is 3.38. The third-order valence-corrected chi connectivity index (χ3v) is 4.80. The molecule has 0 spiro atoms. The van der Waals surface area contributed by atoms with E-state index in [9.17, 15) is 9.18 Å². The van der Waals surface area contributed by atoms with Gasteiger partial charge in [0, 0.05) is 25.2 Å². The summed E-state index contributed by atoms with van der Waals surface area (Å²) in [5.74, 6) is -0.557. The van der Waals surface area contributed by atoms with Crippen LogP contribution in [0.4, 0.5) is 4.39 Å². The second kappa shape index (κ2) is 8.81. The molecule has 26 heavy (non-hydrogen) atoms. The Morgan fingerprint density at radius 2 is 1.92 bits per heavy atom. The Labute approximate surface area is 154 Å². The molecule has 1 aliphatic rings. The highest BCUT2D eigenvalue weighted by atomic mass is 19.1. The van der Waals surface area contributed by atoms with Crippen LogP contribution >= 0.6 is 0 Å². The molecule has 0 radical (unpaired) electrons. The van der Waals surface area contributed by atoms with Gasteiger partial charge in [0.1, 0.15) is 0 Å². The van der Waals surface area contributed by atoms with Crippen LogP contribution in [0.5, 0.6) is 5.75 Å². The van der Waals surface area contributed by atoms with E-state index in [1.54, 1.807) is 12.1 Å². The molecule has 1 aliphatic heterocycles. The highest BCUT2D eigenvalue weighted by Gasteiger charge is 2.26. The second-order valence-electron chi connectivity index (χ2n) is 6.81. The summed E-state index contributed by atoms with van der Waals surface area (Å²) in [6.45, 7) is 3.89. The average molecular weight is 356 g/mol. The number of benzene rings is 2. The van der Waals surface area contributed by atoms with Crippen LogP contribution < -0.4 is 10.1 Å². The minimum Gasteiger partial charge on any atom is -0.481 e. The van der Waals surface area contributed by atoms with Crippen LogP contribution in [0.15, 0.2) is 54.6 Å². The van der Waals surface area contributed by atoms with E-state index in [1.807, 2.05) is 6.07 Å². The Bertz CT molecular complexity index is 723. The number of hydrogen-bond donors (Lipinski definition) is 1. The van der Waals surface area contributed by atoms with E-state index in [0.29, 0.717) is 6.04 Å². The minimum atomic E-state index is -0.455. The highest BCUT2D eigenvalue weighted by Crippen LogP contribution is 2.20. The first kappa shape index (κ1) is 18.4. The van der Waals surface area contributed by atoms with E-state index in [1.165, 1.54) is 17.7 Å². The van der Waals surface area contributed by atoms with Crippen molar-refractivity contribution >= 4 is 5.91 Å². The van der Waals surface area contributed by atoms with Gasteiger partial charge < -0.3 is 10.1 Å². The molecule has 0 unspecified atom stereocenters. The van der Waals surface area contributed by atoms with E-state index >= 15 is 0 Å². The lowest BCUT2D eigenvalue weighted by molar-refractivity contribution is -0.124. The summed E-state index contributed by atoms with van der Waals surface area (Å²) in [7, 11) is 0. The van der Waals surface area contributed by atoms with Crippen molar-refractivity contribution < 1.29 is 13.9 Å². The molecule has 2 aromatic carbocycles. The molecular formula is C21H25FN2O2. The van der Waals surface area contributed by atoms with Gasteiger partial charge in [0.15, 0.2) is 18.2 Å². The summed E-state index contributed by atoms with van der Waals surface area (Å²) in [6.07, 6.45) is 1.81. The molecule has 138 valence electrons. The molecule has 2 aromatic rings. The lowest BCUT2D eigenvalue weighted by Crippen LogP contribution is -2.49. The fourth-order valence-electron chi connectivity index (χ4n) is 3.38. The number of piperidine rings is 1. The Kier molecular flexibility index (Phi) is 6.23. The zero-order valence-corrected chi connectivity index (χ0v) is 15.0. The van der Waals surface area contributed by atoms with Crippen LogP contribution in [0.25, 0.3) is 0 Å². The standard InChI is InChI=1S/C21H25FN2O2/c1-16-13-18(11-12-24(16)14-17-7-3-2-4-8-17)23-21(25)15-26-20-10-6-5-9-19(20)22/h2-10,16,18H,11-15H2,1H3,(H,23,25)/t16-,18-/m1/s1. The topological polar surface area (TPSA) is 41.6 Å². The molecule has 1 fully saturated rings. The summed E-state index contributed by atoms with van der Waals surface area (Å²) in [6, 6.07) is 17.1. The molecular weight excluding hydrogens is 331 g/mol. The van der Waals surface area contributed by atoms with Crippen molar-refractivity contribution in [2.45, 2.75) is 38.4 Å². The molecule has 2 atom stereocenters. The van der Waals surface area contributed by atoms with Crippen LogP contribution in [-0.4, -0.2) is 36.0 Å². The van der Waals surface area contributed by atoms with Gasteiger partial charge in [0.25, 0.3) is 5.91 Å². The van der Waals surface area contributed by atoms with Crippen LogP contribution in [0.2, 0.25) is 0 Å². The maximum absolute atomic E-state index is 13.5. The number of likely N-dealkylation sites (tertiary alicyclic amines) is 1. The van der Waals surface area contributed by atoms with Crippen molar-refractivity contribution in [1.82, 2.24) is 10.2 Å². The first-order chi connectivity index (χ1) is 12.6. The van der Waals surface area contributed by atoms with Crippen LogP contribution in [0.3, 0.4) is 0 Å². The molecule has 1 saturated heterocycles. The molecule has 0 bridgehead atoms. The fraction of sp³-hybridized carbons (Fsp3) is 0.381. The third kappa shape index (κ3) is 5.05. The zero-order chi connectivity index (χ0) is 18.4. The third-order valence-electron chi connectivity index (χ3n) is 4.80. The summed E-state index contributed by atoms with van der Waals surface area (Å²) in [5.41, 5.74) is 1.31. The lowest BCUT2D eigenvalue weighted by Gasteiger charge is -2.38. The molecule has 0 aliphatic carbocycles. The van der Waals surface area contributed by atoms with Gasteiger partial charge in [-0.2, -0.15) is 0 Å². The predicted molar refractivity (Wildman–Crippen MR) is 99.4 cm³/mol. The number of para-hydroxylation sites is 1. The number of nitrogens with one attached hydrogen (secondary N) is 1. The molecule has 3 rings (SSSR count). The van der Waals surface area contributed by atoms with Crippen molar-refractivity contribution in [1.29, 1.82) is 0 Å². The quantitative estimate of drug-likeness (QED) is 0.863. The molecule has 1 heterocycles. The zero-order valence-electron chi connectivity index (χ0n) is 15.0. The largest absolute Gasteiger partial charge is 0.481 e. The second-order valence-corrected chi connectivity index (χ2v) is 6.81. The van der Waals surface area contributed by atoms with Crippen molar-refractivity contribution in [2.75, 3.05) is 13.2 Å². The van der Waals surface area contributed by atoms with Crippen molar-refractivity contribution in [3.63, 3.8) is 0 Å². The predicted octanol–water partition coefficient (Wildman–Crippen LogP) is 3.37. The Morgan fingerprint density at radius 1 is 1.19 bits per heavy atom. The number of nitrogens with zero attached hydrogens (tertiary/aromatic N) is 1. The van der Waals surface area contributed by atoms with Crippen molar-refractivity contribution in [3.05, 3.63) is 66.0 Å². The van der Waals surface area contributed by atoms with Gasteiger partial charge in [-0.1, -0.05) is 42.5 Å². The van der Waals surface area contributed by atoms with E-state index < -0.39 is 5.82 Å². The Hall–Kier alpha value is -2.40. The van der Waals surface area contributed by atoms with Crippen molar-refractivity contribution in [3.8, 4) is 5.75 Å². The smallest absolute Gasteiger partial charge is 0.258 e. The average Bonchev–Trinajstić information content (AvgIpc) is 2.64. The highest BCUT2D eigenvalue weighted by molar-refractivity contribution is 5.77. The Balaban J connectivity index is 1.44. The molecule has 4 nitrogen and oxygen atoms in total. The first-order valence-corrected chi connectivity index (χ1v) is 9.06. The van der Waals surface area contributed by atoms with Crippen LogP contribution in [0.1, 0.15) is 25.3 Å². The maximum Gasteiger partial charge on any atom is 0.258 e. The van der Waals surface area contributed by atoms with Gasteiger partial charge >= 0.3 is 0 Å². The first-order valence-electron chi connectivity index (χ1n) is 9.06. The number of rotatable bonds is 6. The molecule has 1 N–H and O–H groups in total. The monoisotopic (exact) mass is 356 g/mol. The molecule has 0 saturated carbocycles. The SMILES string of the molecule is C[C@@H]1C[C@H](NC(=O)COc2ccccc2F)CCN1Cc1ccccc1. The number of halogens is 1. The van der Waals surface area contributed by atoms with Crippen LogP contribution in [0, 0.1) is 5.82 Å². The van der Waals surface area contributed by atoms with Gasteiger partial charge in [-0.05, 0) is 37.5 Å².